The maximum absolute atomic E-state index is 15.5. The van der Waals surface area contributed by atoms with E-state index in [2.05, 4.69) is 21.0 Å². The zero-order valence-electron chi connectivity index (χ0n) is 25.5. The molecule has 0 aliphatic heterocycles. The van der Waals surface area contributed by atoms with Crippen molar-refractivity contribution in [1.29, 1.82) is 0 Å². The van der Waals surface area contributed by atoms with Crippen LogP contribution in [0.1, 0.15) is 81.4 Å². The molecule has 0 saturated heterocycles. The van der Waals surface area contributed by atoms with Crippen molar-refractivity contribution in [2.75, 3.05) is 23.8 Å². The Hall–Kier alpha value is -4.17. The molecule has 4 rings (SSSR count). The quantitative estimate of drug-likeness (QED) is 0.224. The second-order valence-corrected chi connectivity index (χ2v) is 11.8. The molecule has 2 aromatic rings. The monoisotopic (exact) mass is 638 g/mol. The fourth-order valence-electron chi connectivity index (χ4n) is 5.47. The summed E-state index contributed by atoms with van der Waals surface area (Å²) in [6.07, 6.45) is -0.542. The molecule has 2 saturated carbocycles. The summed E-state index contributed by atoms with van der Waals surface area (Å²) in [4.78, 5) is 52.0. The number of aromatic nitrogens is 2. The lowest BCUT2D eigenvalue weighted by Crippen LogP contribution is -2.50. The topological polar surface area (TPSA) is 143 Å². The van der Waals surface area contributed by atoms with Gasteiger partial charge in [-0.3, -0.25) is 24.4 Å². The van der Waals surface area contributed by atoms with Crippen molar-refractivity contribution in [1.82, 2.24) is 20.4 Å². The number of halogens is 4. The van der Waals surface area contributed by atoms with Gasteiger partial charge >= 0.3 is 12.3 Å². The number of ether oxygens (including phenoxy) is 1. The summed E-state index contributed by atoms with van der Waals surface area (Å²) in [5, 5.41) is 13.7. The molecule has 0 spiro atoms. The maximum atomic E-state index is 15.5. The summed E-state index contributed by atoms with van der Waals surface area (Å²) in [5.41, 5.74) is -0.390. The largest absolute Gasteiger partial charge is 0.450 e. The molecule has 2 atom stereocenters. The Labute approximate surface area is 257 Å². The third-order valence-electron chi connectivity index (χ3n) is 7.91. The molecule has 2 aliphatic carbocycles. The number of anilines is 2. The first-order chi connectivity index (χ1) is 21.2. The first kappa shape index (κ1) is 33.7. The lowest BCUT2D eigenvalue weighted by Gasteiger charge is -2.28. The molecule has 0 radical (unpaired) electrons. The van der Waals surface area contributed by atoms with E-state index in [0.717, 1.165) is 37.8 Å². The second kappa shape index (κ2) is 13.9. The van der Waals surface area contributed by atoms with E-state index in [-0.39, 0.29) is 53.0 Å². The molecule has 0 bridgehead atoms. The van der Waals surface area contributed by atoms with Crippen molar-refractivity contribution in [3.63, 3.8) is 0 Å². The van der Waals surface area contributed by atoms with Gasteiger partial charge in [0, 0.05) is 12.2 Å². The van der Waals surface area contributed by atoms with E-state index in [0.29, 0.717) is 0 Å². The number of hydrogen-bond acceptors (Lipinski definition) is 6. The summed E-state index contributed by atoms with van der Waals surface area (Å²) in [6, 6.07) is 2.35. The number of rotatable bonds is 13. The molecular weight excluding hydrogens is 600 g/mol. The fourth-order valence-corrected chi connectivity index (χ4v) is 5.47. The summed E-state index contributed by atoms with van der Waals surface area (Å²) < 4.78 is 60.0. The van der Waals surface area contributed by atoms with Gasteiger partial charge in [-0.1, -0.05) is 0 Å². The molecule has 2 fully saturated rings. The molecule has 11 nitrogen and oxygen atoms in total. The molecule has 1 unspecified atom stereocenters. The van der Waals surface area contributed by atoms with Crippen LogP contribution in [0.4, 0.5) is 33.7 Å². The van der Waals surface area contributed by atoms with Gasteiger partial charge in [-0.05, 0) is 94.9 Å². The van der Waals surface area contributed by atoms with Crippen LogP contribution in [0, 0.1) is 23.6 Å². The van der Waals surface area contributed by atoms with E-state index in [1.807, 2.05) is 13.8 Å². The lowest BCUT2D eigenvalue weighted by molar-refractivity contribution is -0.139. The van der Waals surface area contributed by atoms with Crippen LogP contribution in [0.15, 0.2) is 24.4 Å². The van der Waals surface area contributed by atoms with Gasteiger partial charge in [0.2, 0.25) is 11.8 Å². The van der Waals surface area contributed by atoms with Crippen LogP contribution in [-0.2, 0) is 14.3 Å². The number of alkyl halides is 3. The molecule has 246 valence electrons. The summed E-state index contributed by atoms with van der Waals surface area (Å²) in [7, 11) is 0. The Morgan fingerprint density at radius 1 is 1.00 bits per heavy atom. The fraction of sp³-hybridized carbons (Fsp3) is 0.567. The van der Waals surface area contributed by atoms with Gasteiger partial charge in [-0.2, -0.15) is 18.3 Å². The Kier molecular flexibility index (Phi) is 10.4. The van der Waals surface area contributed by atoms with E-state index < -0.39 is 54.3 Å². The summed E-state index contributed by atoms with van der Waals surface area (Å²) >= 11 is 0. The van der Waals surface area contributed by atoms with Crippen molar-refractivity contribution < 1.29 is 41.5 Å². The average Bonchev–Trinajstić information content (AvgIpc) is 3.91. The smallest absolute Gasteiger partial charge is 0.411 e. The number of nitrogens with one attached hydrogen (secondary N) is 4. The number of nitrogens with zero attached hydrogens (tertiary/aromatic N) is 2. The zero-order valence-corrected chi connectivity index (χ0v) is 25.5. The van der Waals surface area contributed by atoms with Crippen molar-refractivity contribution >= 4 is 35.2 Å². The lowest BCUT2D eigenvalue weighted by atomic mass is 9.88. The zero-order chi connectivity index (χ0) is 33.1. The molecule has 45 heavy (non-hydrogen) atoms. The first-order valence-corrected chi connectivity index (χ1v) is 15.0. The van der Waals surface area contributed by atoms with Crippen molar-refractivity contribution in [3.05, 3.63) is 41.5 Å². The predicted octanol–water partition coefficient (Wildman–Crippen LogP) is 5.13. The number of amides is 4. The van der Waals surface area contributed by atoms with Gasteiger partial charge < -0.3 is 20.7 Å². The highest BCUT2D eigenvalue weighted by molar-refractivity contribution is 6.01. The number of hydrogen-bond donors (Lipinski definition) is 4. The third-order valence-corrected chi connectivity index (χ3v) is 7.91. The Morgan fingerprint density at radius 3 is 2.20 bits per heavy atom. The highest BCUT2D eigenvalue weighted by atomic mass is 19.4. The minimum Gasteiger partial charge on any atom is -0.450 e. The minimum absolute atomic E-state index is 0.0195. The Bertz CT molecular complexity index is 1410. The number of carbonyl (C=O) groups is 4. The van der Waals surface area contributed by atoms with Gasteiger partial charge in [0.15, 0.2) is 0 Å². The number of benzene rings is 1. The van der Waals surface area contributed by atoms with Gasteiger partial charge in [0.25, 0.3) is 5.91 Å². The second-order valence-electron chi connectivity index (χ2n) is 11.8. The highest BCUT2D eigenvalue weighted by Crippen LogP contribution is 2.51. The molecule has 1 aromatic heterocycles. The summed E-state index contributed by atoms with van der Waals surface area (Å²) in [5.74, 6) is -4.31. The van der Waals surface area contributed by atoms with E-state index in [9.17, 15) is 32.3 Å². The Balaban J connectivity index is 1.63. The molecule has 1 heterocycles. The van der Waals surface area contributed by atoms with Gasteiger partial charge in [0.1, 0.15) is 24.1 Å². The van der Waals surface area contributed by atoms with Crippen molar-refractivity contribution in [2.45, 2.75) is 77.6 Å². The molecule has 2 aliphatic rings. The van der Waals surface area contributed by atoms with Gasteiger partial charge in [-0.25, -0.2) is 9.18 Å². The molecule has 1 aromatic carbocycles. The maximum Gasteiger partial charge on any atom is 0.411 e. The molecule has 4 amide bonds. The van der Waals surface area contributed by atoms with Crippen LogP contribution in [0.5, 0.6) is 0 Å². The minimum atomic E-state index is -4.67. The molecule has 15 heteroatoms. The van der Waals surface area contributed by atoms with E-state index in [1.54, 1.807) is 18.3 Å². The van der Waals surface area contributed by atoms with Crippen LogP contribution in [-0.4, -0.2) is 59.0 Å². The van der Waals surface area contributed by atoms with Gasteiger partial charge in [0.05, 0.1) is 23.9 Å². The van der Waals surface area contributed by atoms with Crippen LogP contribution in [0.2, 0.25) is 0 Å². The van der Waals surface area contributed by atoms with Crippen molar-refractivity contribution in [2.24, 2.45) is 17.8 Å². The van der Waals surface area contributed by atoms with E-state index in [1.165, 1.54) is 17.8 Å². The highest BCUT2D eigenvalue weighted by Gasteiger charge is 2.48. The van der Waals surface area contributed by atoms with Gasteiger partial charge in [-0.15, -0.1) is 0 Å². The first-order valence-electron chi connectivity index (χ1n) is 15.0. The SMILES string of the molecule is CCOC(=O)Nc1cc(NC(=O)[C@@H](NC(=O)c2ccnn2C(C)C)C(C2CC2)C2CC2)c(F)cc1C(C)C(=O)NCC(F)(F)F. The molecular formula is C30H38F4N6O5. The molecule has 4 N–H and O–H groups in total. The van der Waals surface area contributed by atoms with Crippen LogP contribution < -0.4 is 21.3 Å². The van der Waals surface area contributed by atoms with Crippen molar-refractivity contribution in [3.8, 4) is 0 Å². The van der Waals surface area contributed by atoms with E-state index >= 15 is 4.39 Å². The Morgan fingerprint density at radius 2 is 1.64 bits per heavy atom. The third kappa shape index (κ3) is 8.72. The summed E-state index contributed by atoms with van der Waals surface area (Å²) in [6.45, 7) is 4.90. The standard InChI is InChI=1S/C30H38F4N6O5/c1-5-45-29(44)38-21-13-22(20(31)12-19(21)16(4)26(41)35-14-30(32,33)34)37-28(43)25(24(17-6-7-17)18-8-9-18)39-27(42)23-10-11-36-40(23)15(2)3/h10-13,15-18,24-25H,5-9,14H2,1-4H3,(H,35,41)(H,37,43)(H,38,44)(H,39,42)/t16?,25-/m0/s1. The number of carbonyl (C=O) groups excluding carboxylic acids is 4. The average molecular weight is 639 g/mol. The normalized spacial score (nSPS) is 16.2. The predicted molar refractivity (Wildman–Crippen MR) is 156 cm³/mol. The van der Waals surface area contributed by atoms with Crippen LogP contribution >= 0.6 is 0 Å². The van der Waals surface area contributed by atoms with Crippen LogP contribution in [0.25, 0.3) is 0 Å². The van der Waals surface area contributed by atoms with Crippen LogP contribution in [0.3, 0.4) is 0 Å². The van der Waals surface area contributed by atoms with E-state index in [4.69, 9.17) is 4.74 Å².